The molecule has 0 radical (unpaired) electrons. The molecule has 4 heteroatoms. The summed E-state index contributed by atoms with van der Waals surface area (Å²) in [5, 5.41) is 7.40. The van der Waals surface area contributed by atoms with Crippen LogP contribution in [0.1, 0.15) is 5.56 Å². The largest absolute Gasteiger partial charge is 0.295 e. The first-order chi connectivity index (χ1) is 23.7. The minimum absolute atomic E-state index is 0.886. The number of fused-ring (bicyclic) bond motifs is 1. The average molecular weight is 618 g/mol. The number of aliphatic imine (C=N–C) groups is 1. The monoisotopic (exact) mass is 617 g/mol. The van der Waals surface area contributed by atoms with Gasteiger partial charge < -0.3 is 0 Å². The summed E-state index contributed by atoms with van der Waals surface area (Å²) in [6, 6.07) is 58.6. The number of anilines is 2. The summed E-state index contributed by atoms with van der Waals surface area (Å²) in [6.07, 6.45) is 0. The molecule has 0 saturated carbocycles. The van der Waals surface area contributed by atoms with Gasteiger partial charge in [0.2, 0.25) is 0 Å². The minimum atomic E-state index is 0.886. The van der Waals surface area contributed by atoms with Crippen molar-refractivity contribution in [2.24, 2.45) is 12.0 Å². The highest BCUT2D eigenvalue weighted by Crippen LogP contribution is 2.43. The summed E-state index contributed by atoms with van der Waals surface area (Å²) >= 11 is 0. The van der Waals surface area contributed by atoms with E-state index < -0.39 is 0 Å². The fraction of sp³-hybridized carbons (Fsp3) is 0.0455. The van der Waals surface area contributed by atoms with Crippen molar-refractivity contribution < 1.29 is 4.57 Å². The molecular formula is C44H33N4+. The number of imidazole rings is 1. The van der Waals surface area contributed by atoms with Gasteiger partial charge in [-0.15, -0.1) is 0 Å². The van der Waals surface area contributed by atoms with E-state index >= 15 is 0 Å². The molecule has 0 fully saturated rings. The summed E-state index contributed by atoms with van der Waals surface area (Å²) in [5.74, 6) is 2.00. The summed E-state index contributed by atoms with van der Waals surface area (Å²) in [4.78, 5) is 7.38. The number of rotatable bonds is 5. The second kappa shape index (κ2) is 11.2. The Balaban J connectivity index is 1.45. The lowest BCUT2D eigenvalue weighted by Gasteiger charge is -2.28. The van der Waals surface area contributed by atoms with Crippen LogP contribution in [0.2, 0.25) is 0 Å². The molecule has 48 heavy (non-hydrogen) atoms. The molecule has 1 aromatic heterocycles. The third kappa shape index (κ3) is 4.23. The van der Waals surface area contributed by atoms with E-state index in [0.717, 1.165) is 45.4 Å². The van der Waals surface area contributed by atoms with Crippen LogP contribution in [0.25, 0.3) is 60.4 Å². The lowest BCUT2D eigenvalue weighted by molar-refractivity contribution is -0.633. The lowest BCUT2D eigenvalue weighted by Crippen LogP contribution is -2.31. The second-order valence-corrected chi connectivity index (χ2v) is 12.2. The summed E-state index contributed by atoms with van der Waals surface area (Å²) in [6.45, 7) is 0. The van der Waals surface area contributed by atoms with Crippen LogP contribution < -0.4 is 9.47 Å². The van der Waals surface area contributed by atoms with E-state index in [0.29, 0.717) is 0 Å². The van der Waals surface area contributed by atoms with Crippen molar-refractivity contribution in [3.8, 4) is 17.1 Å². The van der Waals surface area contributed by atoms with E-state index in [4.69, 9.17) is 4.99 Å². The van der Waals surface area contributed by atoms with Crippen molar-refractivity contribution in [3.63, 3.8) is 0 Å². The van der Waals surface area contributed by atoms with Gasteiger partial charge in [0.05, 0.1) is 12.6 Å². The van der Waals surface area contributed by atoms with Gasteiger partial charge in [0.25, 0.3) is 5.82 Å². The first kappa shape index (κ1) is 28.0. The fourth-order valence-electron chi connectivity index (χ4n) is 7.54. The van der Waals surface area contributed by atoms with Gasteiger partial charge in [0.1, 0.15) is 11.5 Å². The average Bonchev–Trinajstić information content (AvgIpc) is 3.45. The fourth-order valence-corrected chi connectivity index (χ4v) is 7.54. The van der Waals surface area contributed by atoms with Crippen molar-refractivity contribution in [1.29, 1.82) is 0 Å². The van der Waals surface area contributed by atoms with E-state index in [-0.39, 0.29) is 0 Å². The van der Waals surface area contributed by atoms with Crippen LogP contribution in [0, 0.1) is 0 Å². The zero-order chi connectivity index (χ0) is 32.2. The molecule has 0 atom stereocenters. The van der Waals surface area contributed by atoms with Gasteiger partial charge in [-0.1, -0.05) is 109 Å². The number of aromatic nitrogens is 2. The molecule has 0 N–H and O–H groups in total. The minimum Gasteiger partial charge on any atom is -0.295 e. The van der Waals surface area contributed by atoms with Crippen LogP contribution in [0.3, 0.4) is 0 Å². The number of para-hydroxylation sites is 5. The SMILES string of the molecule is CN=C(c1cc(-c2n(-c3ccccc3)c3ccccc3[n+]2C)c2ccc3cccc4ccc1c2c43)N(c1ccccc1)c1ccccc1. The van der Waals surface area contributed by atoms with Crippen molar-refractivity contribution in [1.82, 2.24) is 4.57 Å². The Labute approximate surface area is 279 Å². The number of hydrogen-bond acceptors (Lipinski definition) is 1. The number of nitrogens with zero attached hydrogens (tertiary/aromatic N) is 4. The van der Waals surface area contributed by atoms with Gasteiger partial charge in [-0.3, -0.25) is 9.89 Å². The van der Waals surface area contributed by atoms with Crippen LogP contribution in [0.4, 0.5) is 11.4 Å². The highest BCUT2D eigenvalue weighted by Gasteiger charge is 2.30. The third-order valence-electron chi connectivity index (χ3n) is 9.61. The molecule has 0 aliphatic rings. The van der Waals surface area contributed by atoms with Crippen LogP contribution in [0.15, 0.2) is 169 Å². The maximum atomic E-state index is 5.10. The van der Waals surface area contributed by atoms with E-state index in [1.807, 2.05) is 7.05 Å². The zero-order valence-electron chi connectivity index (χ0n) is 26.9. The second-order valence-electron chi connectivity index (χ2n) is 12.2. The molecule has 4 nitrogen and oxygen atoms in total. The Bertz CT molecular complexity index is 2560. The van der Waals surface area contributed by atoms with Crippen LogP contribution >= 0.6 is 0 Å². The molecule has 8 aromatic carbocycles. The van der Waals surface area contributed by atoms with E-state index in [1.165, 1.54) is 37.8 Å². The predicted octanol–water partition coefficient (Wildman–Crippen LogP) is 10.2. The Morgan fingerprint density at radius 2 is 1.17 bits per heavy atom. The van der Waals surface area contributed by atoms with Crippen molar-refractivity contribution in [2.45, 2.75) is 0 Å². The molecule has 0 saturated heterocycles. The van der Waals surface area contributed by atoms with Crippen molar-refractivity contribution in [2.75, 3.05) is 11.9 Å². The normalized spacial score (nSPS) is 12.1. The highest BCUT2D eigenvalue weighted by molar-refractivity contribution is 6.31. The molecule has 0 aliphatic carbocycles. The van der Waals surface area contributed by atoms with Gasteiger partial charge in [0, 0.05) is 24.0 Å². The third-order valence-corrected chi connectivity index (χ3v) is 9.61. The number of amidine groups is 1. The molecule has 0 aliphatic heterocycles. The van der Waals surface area contributed by atoms with E-state index in [2.05, 4.69) is 185 Å². The van der Waals surface area contributed by atoms with Crippen LogP contribution in [0.5, 0.6) is 0 Å². The quantitative estimate of drug-likeness (QED) is 0.0816. The molecule has 1 heterocycles. The Kier molecular flexibility index (Phi) is 6.54. The van der Waals surface area contributed by atoms with Crippen LogP contribution in [-0.4, -0.2) is 17.5 Å². The molecular weight excluding hydrogens is 585 g/mol. The van der Waals surface area contributed by atoms with Gasteiger partial charge in [0.15, 0.2) is 11.0 Å². The smallest absolute Gasteiger partial charge is 0.295 e. The Morgan fingerprint density at radius 1 is 0.583 bits per heavy atom. The Hall–Kier alpha value is -6.26. The summed E-state index contributed by atoms with van der Waals surface area (Å²) in [7, 11) is 4.09. The van der Waals surface area contributed by atoms with Crippen molar-refractivity contribution in [3.05, 3.63) is 169 Å². The Morgan fingerprint density at radius 3 is 1.81 bits per heavy atom. The molecule has 0 amide bonds. The molecule has 9 rings (SSSR count). The van der Waals surface area contributed by atoms with Gasteiger partial charge >= 0.3 is 0 Å². The number of benzene rings is 8. The number of aryl methyl sites for hydroxylation is 1. The first-order valence-electron chi connectivity index (χ1n) is 16.4. The van der Waals surface area contributed by atoms with E-state index in [1.54, 1.807) is 0 Å². The topological polar surface area (TPSA) is 24.4 Å². The molecule has 0 unspecified atom stereocenters. The summed E-state index contributed by atoms with van der Waals surface area (Å²) in [5.41, 5.74) is 7.80. The molecule has 0 bridgehead atoms. The van der Waals surface area contributed by atoms with Crippen LogP contribution in [-0.2, 0) is 7.05 Å². The molecule has 0 spiro atoms. The summed E-state index contributed by atoms with van der Waals surface area (Å²) < 4.78 is 4.74. The predicted molar refractivity (Wildman–Crippen MR) is 201 cm³/mol. The van der Waals surface area contributed by atoms with Crippen molar-refractivity contribution >= 4 is 60.6 Å². The standard InChI is InChI=1S/C44H33N4/c1-45-43(47(32-17-6-3-7-18-32)33-19-8-4-9-20-33)37-29-38(36-28-26-31-16-14-15-30-25-27-35(37)42(36)41(30)31)44-46(2)39-23-12-13-24-40(39)48(44)34-21-10-5-11-22-34/h3-29H,1-2H3/q+1. The number of hydrogen-bond donors (Lipinski definition) is 0. The van der Waals surface area contributed by atoms with Gasteiger partial charge in [-0.05, 0) is 86.9 Å². The van der Waals surface area contributed by atoms with E-state index in [9.17, 15) is 0 Å². The zero-order valence-corrected chi connectivity index (χ0v) is 26.9. The molecule has 228 valence electrons. The lowest BCUT2D eigenvalue weighted by atomic mass is 9.88. The molecule has 9 aromatic rings. The van der Waals surface area contributed by atoms with Gasteiger partial charge in [-0.25, -0.2) is 4.57 Å². The van der Waals surface area contributed by atoms with Gasteiger partial charge in [-0.2, -0.15) is 4.57 Å². The maximum absolute atomic E-state index is 5.10. The maximum Gasteiger partial charge on any atom is 0.295 e. The highest BCUT2D eigenvalue weighted by atomic mass is 15.2. The first-order valence-corrected chi connectivity index (χ1v) is 16.4.